The lowest BCUT2D eigenvalue weighted by molar-refractivity contribution is -0.0461. The summed E-state index contributed by atoms with van der Waals surface area (Å²) >= 11 is 0. The van der Waals surface area contributed by atoms with E-state index in [4.69, 9.17) is 14.6 Å². The minimum absolute atomic E-state index is 0.0169. The van der Waals surface area contributed by atoms with E-state index < -0.39 is 29.7 Å². The van der Waals surface area contributed by atoms with Crippen molar-refractivity contribution in [3.63, 3.8) is 0 Å². The van der Waals surface area contributed by atoms with Crippen LogP contribution in [0.1, 0.15) is 24.6 Å². The number of aromatic nitrogens is 2. The Morgan fingerprint density at radius 3 is 2.73 bits per heavy atom. The van der Waals surface area contributed by atoms with Crippen molar-refractivity contribution in [1.82, 2.24) is 9.55 Å². The smallest absolute Gasteiger partial charge is 0.330 e. The Hall–Kier alpha value is -2.42. The van der Waals surface area contributed by atoms with Crippen LogP contribution in [-0.2, 0) is 11.2 Å². The number of aryl methyl sites for hydroxylation is 1. The molecule has 1 aromatic carbocycles. The Labute approximate surface area is 149 Å². The van der Waals surface area contributed by atoms with E-state index >= 15 is 0 Å². The van der Waals surface area contributed by atoms with Crippen LogP contribution >= 0.6 is 0 Å². The molecule has 3 atom stereocenters. The van der Waals surface area contributed by atoms with Crippen molar-refractivity contribution in [2.45, 2.75) is 37.7 Å². The zero-order valence-electron chi connectivity index (χ0n) is 14.2. The molecule has 3 rings (SSSR count). The van der Waals surface area contributed by atoms with Crippen LogP contribution in [0.5, 0.6) is 5.75 Å². The molecule has 1 fully saturated rings. The topological polar surface area (TPSA) is 114 Å². The van der Waals surface area contributed by atoms with E-state index in [1.54, 1.807) is 0 Å². The van der Waals surface area contributed by atoms with Gasteiger partial charge in [0.1, 0.15) is 12.3 Å². The van der Waals surface area contributed by atoms with E-state index in [-0.39, 0.29) is 18.8 Å². The first kappa shape index (κ1) is 18.4. The molecule has 8 heteroatoms. The number of nitrogens with zero attached hydrogens (tertiary/aromatic N) is 1. The quantitative estimate of drug-likeness (QED) is 0.606. The summed E-state index contributed by atoms with van der Waals surface area (Å²) in [6.45, 7) is -0.0256. The third-order valence-corrected chi connectivity index (χ3v) is 4.34. The molecule has 26 heavy (non-hydrogen) atoms. The molecule has 0 saturated carbocycles. The average Bonchev–Trinajstić information content (AvgIpc) is 3.01. The standard InChI is InChI=1S/C18H22N2O6/c21-11-15-13(22)9-16(26-15)20-10-14(17(23)19-18(20)24)25-8-4-7-12-5-2-1-3-6-12/h1-3,5-6,10,13,15-16,21-22H,4,7-9,11H2,(H,19,23,24)/t13-,15+,16+/m1/s1. The van der Waals surface area contributed by atoms with Gasteiger partial charge in [0.25, 0.3) is 5.56 Å². The summed E-state index contributed by atoms with van der Waals surface area (Å²) < 4.78 is 12.1. The molecule has 0 radical (unpaired) electrons. The molecule has 8 nitrogen and oxygen atoms in total. The van der Waals surface area contributed by atoms with Crippen LogP contribution in [0, 0.1) is 0 Å². The van der Waals surface area contributed by atoms with Crippen molar-refractivity contribution in [2.24, 2.45) is 0 Å². The second kappa shape index (κ2) is 8.31. The number of benzene rings is 1. The molecule has 0 aliphatic carbocycles. The molecule has 0 unspecified atom stereocenters. The van der Waals surface area contributed by atoms with Crippen LogP contribution in [-0.4, -0.2) is 45.2 Å². The largest absolute Gasteiger partial charge is 0.487 e. The number of hydrogen-bond acceptors (Lipinski definition) is 6. The Bertz CT molecular complexity index is 832. The highest BCUT2D eigenvalue weighted by Crippen LogP contribution is 2.27. The monoisotopic (exact) mass is 362 g/mol. The Morgan fingerprint density at radius 2 is 2.04 bits per heavy atom. The van der Waals surface area contributed by atoms with Gasteiger partial charge < -0.3 is 19.7 Å². The van der Waals surface area contributed by atoms with E-state index in [9.17, 15) is 14.7 Å². The first-order chi connectivity index (χ1) is 12.6. The molecule has 2 heterocycles. The van der Waals surface area contributed by atoms with Crippen LogP contribution in [0.15, 0.2) is 46.1 Å². The maximum absolute atomic E-state index is 12.0. The van der Waals surface area contributed by atoms with Gasteiger partial charge in [0.05, 0.1) is 25.5 Å². The molecule has 3 N–H and O–H groups in total. The van der Waals surface area contributed by atoms with Gasteiger partial charge in [0, 0.05) is 6.42 Å². The normalized spacial score (nSPS) is 22.5. The van der Waals surface area contributed by atoms with Crippen molar-refractivity contribution < 1.29 is 19.7 Å². The lowest BCUT2D eigenvalue weighted by atomic mass is 10.1. The number of aliphatic hydroxyl groups is 2. The number of aromatic amines is 1. The summed E-state index contributed by atoms with van der Waals surface area (Å²) in [5, 5.41) is 19.0. The summed E-state index contributed by atoms with van der Waals surface area (Å²) in [6, 6.07) is 9.92. The van der Waals surface area contributed by atoms with Gasteiger partial charge in [0.2, 0.25) is 5.75 Å². The number of nitrogens with one attached hydrogen (secondary N) is 1. The molecular formula is C18H22N2O6. The van der Waals surface area contributed by atoms with Gasteiger partial charge in [-0.15, -0.1) is 0 Å². The van der Waals surface area contributed by atoms with Crippen molar-refractivity contribution in [3.8, 4) is 5.75 Å². The fourth-order valence-corrected chi connectivity index (χ4v) is 2.94. The summed E-state index contributed by atoms with van der Waals surface area (Å²) in [6.07, 6.45) is 0.569. The molecule has 0 spiro atoms. The summed E-state index contributed by atoms with van der Waals surface area (Å²) in [7, 11) is 0. The number of H-pyrrole nitrogens is 1. The molecule has 140 valence electrons. The first-order valence-corrected chi connectivity index (χ1v) is 8.55. The molecule has 0 bridgehead atoms. The zero-order valence-corrected chi connectivity index (χ0v) is 14.2. The third kappa shape index (κ3) is 4.21. The van der Waals surface area contributed by atoms with Gasteiger partial charge in [-0.05, 0) is 18.4 Å². The predicted molar refractivity (Wildman–Crippen MR) is 93.2 cm³/mol. The number of hydrogen-bond donors (Lipinski definition) is 3. The highest BCUT2D eigenvalue weighted by atomic mass is 16.5. The fourth-order valence-electron chi connectivity index (χ4n) is 2.94. The van der Waals surface area contributed by atoms with E-state index in [1.165, 1.54) is 16.3 Å². The summed E-state index contributed by atoms with van der Waals surface area (Å²) in [5.41, 5.74) is -0.0796. The number of ether oxygens (including phenoxy) is 2. The highest BCUT2D eigenvalue weighted by molar-refractivity contribution is 5.15. The van der Waals surface area contributed by atoms with Crippen LogP contribution in [0.3, 0.4) is 0 Å². The molecule has 1 aromatic heterocycles. The van der Waals surface area contributed by atoms with Crippen LogP contribution in [0.2, 0.25) is 0 Å². The minimum Gasteiger partial charge on any atom is -0.487 e. The van der Waals surface area contributed by atoms with Crippen LogP contribution < -0.4 is 16.0 Å². The van der Waals surface area contributed by atoms with Gasteiger partial charge in [-0.1, -0.05) is 30.3 Å². The van der Waals surface area contributed by atoms with Gasteiger partial charge in [-0.25, -0.2) is 4.79 Å². The van der Waals surface area contributed by atoms with Crippen LogP contribution in [0.4, 0.5) is 0 Å². The third-order valence-electron chi connectivity index (χ3n) is 4.34. The highest BCUT2D eigenvalue weighted by Gasteiger charge is 2.35. The molecular weight excluding hydrogens is 340 g/mol. The molecule has 1 saturated heterocycles. The molecule has 1 aliphatic rings. The summed E-state index contributed by atoms with van der Waals surface area (Å²) in [4.78, 5) is 26.1. The predicted octanol–water partition coefficient (Wildman–Crippen LogP) is 0.189. The second-order valence-corrected chi connectivity index (χ2v) is 6.21. The van der Waals surface area contributed by atoms with Gasteiger partial charge in [-0.2, -0.15) is 0 Å². The van der Waals surface area contributed by atoms with Crippen molar-refractivity contribution in [1.29, 1.82) is 0 Å². The first-order valence-electron chi connectivity index (χ1n) is 8.55. The maximum atomic E-state index is 12.0. The van der Waals surface area contributed by atoms with E-state index in [2.05, 4.69) is 4.98 Å². The minimum atomic E-state index is -0.876. The second-order valence-electron chi connectivity index (χ2n) is 6.21. The molecule has 2 aromatic rings. The number of aliphatic hydroxyl groups excluding tert-OH is 2. The van der Waals surface area contributed by atoms with Crippen molar-refractivity contribution >= 4 is 0 Å². The van der Waals surface area contributed by atoms with E-state index in [1.807, 2.05) is 30.3 Å². The van der Waals surface area contributed by atoms with Gasteiger partial charge >= 0.3 is 5.69 Å². The van der Waals surface area contributed by atoms with Crippen molar-refractivity contribution in [3.05, 3.63) is 62.9 Å². The van der Waals surface area contributed by atoms with E-state index in [0.29, 0.717) is 13.0 Å². The summed E-state index contributed by atoms with van der Waals surface area (Å²) in [5.74, 6) is 0.0169. The fraction of sp³-hybridized carbons (Fsp3) is 0.444. The zero-order chi connectivity index (χ0) is 18.5. The average molecular weight is 362 g/mol. The van der Waals surface area contributed by atoms with Crippen LogP contribution in [0.25, 0.3) is 0 Å². The Morgan fingerprint density at radius 1 is 1.27 bits per heavy atom. The van der Waals surface area contributed by atoms with E-state index in [0.717, 1.165) is 6.42 Å². The van der Waals surface area contributed by atoms with Gasteiger partial charge in [0.15, 0.2) is 0 Å². The number of rotatable bonds is 7. The lowest BCUT2D eigenvalue weighted by Gasteiger charge is -2.15. The SMILES string of the molecule is O=c1[nH]c(=O)n([C@@H]2C[C@@H](O)[C@H](CO)O2)cc1OCCCc1ccccc1. The lowest BCUT2D eigenvalue weighted by Crippen LogP contribution is -2.33. The Balaban J connectivity index is 1.64. The molecule has 0 amide bonds. The van der Waals surface area contributed by atoms with Gasteiger partial charge in [-0.3, -0.25) is 14.3 Å². The Kier molecular flexibility index (Phi) is 5.87. The molecule has 1 aliphatic heterocycles. The maximum Gasteiger partial charge on any atom is 0.330 e. The van der Waals surface area contributed by atoms with Crippen molar-refractivity contribution in [2.75, 3.05) is 13.2 Å².